The van der Waals surface area contributed by atoms with Gasteiger partial charge in [-0.15, -0.1) is 10.2 Å². The summed E-state index contributed by atoms with van der Waals surface area (Å²) in [5.74, 6) is 0.248. The van der Waals surface area contributed by atoms with Crippen LogP contribution in [0.3, 0.4) is 0 Å². The maximum absolute atomic E-state index is 12.8. The van der Waals surface area contributed by atoms with E-state index in [2.05, 4.69) is 10.2 Å². The van der Waals surface area contributed by atoms with E-state index in [4.69, 9.17) is 13.9 Å². The Balaban J connectivity index is 1.46. The molecular formula is C24H18N2O5. The highest BCUT2D eigenvalue weighted by Crippen LogP contribution is 2.22. The number of benzene rings is 3. The van der Waals surface area contributed by atoms with Crippen LogP contribution in [0.2, 0.25) is 0 Å². The second kappa shape index (κ2) is 9.04. The topological polar surface area (TPSA) is 91.5 Å². The molecule has 0 spiro atoms. The molecule has 0 aliphatic heterocycles. The number of ether oxygens (including phenoxy) is 2. The maximum atomic E-state index is 12.8. The number of carbonyl (C=O) groups excluding carboxylic acids is 2. The number of carbonyl (C=O) groups is 2. The van der Waals surface area contributed by atoms with Crippen molar-refractivity contribution in [1.29, 1.82) is 0 Å². The number of methoxy groups -OCH3 is 1. The monoisotopic (exact) mass is 414 g/mol. The summed E-state index contributed by atoms with van der Waals surface area (Å²) in [7, 11) is 1.58. The van der Waals surface area contributed by atoms with Gasteiger partial charge in [-0.1, -0.05) is 48.5 Å². The van der Waals surface area contributed by atoms with E-state index in [-0.39, 0.29) is 29.4 Å². The van der Waals surface area contributed by atoms with E-state index >= 15 is 0 Å². The zero-order valence-corrected chi connectivity index (χ0v) is 16.6. The van der Waals surface area contributed by atoms with Gasteiger partial charge in [0.2, 0.25) is 5.89 Å². The largest absolute Gasteiger partial charge is 0.497 e. The first kappa shape index (κ1) is 20.0. The van der Waals surface area contributed by atoms with Crippen LogP contribution in [0.15, 0.2) is 83.3 Å². The lowest BCUT2D eigenvalue weighted by molar-refractivity contribution is 0.0436. The minimum Gasteiger partial charge on any atom is -0.497 e. The molecule has 7 heteroatoms. The summed E-state index contributed by atoms with van der Waals surface area (Å²) in [6.45, 7) is -0.212. The van der Waals surface area contributed by atoms with Crippen molar-refractivity contribution in [2.45, 2.75) is 6.61 Å². The van der Waals surface area contributed by atoms with Crippen molar-refractivity contribution < 1.29 is 23.5 Å². The Hall–Kier alpha value is -4.26. The average molecular weight is 414 g/mol. The Labute approximate surface area is 178 Å². The molecule has 31 heavy (non-hydrogen) atoms. The Kier molecular flexibility index (Phi) is 5.84. The molecular weight excluding hydrogens is 396 g/mol. The van der Waals surface area contributed by atoms with Gasteiger partial charge in [0.15, 0.2) is 12.4 Å². The molecule has 0 amide bonds. The van der Waals surface area contributed by atoms with Crippen LogP contribution in [0.25, 0.3) is 11.5 Å². The molecule has 0 aliphatic rings. The van der Waals surface area contributed by atoms with E-state index in [9.17, 15) is 9.59 Å². The van der Waals surface area contributed by atoms with Gasteiger partial charge in [-0.05, 0) is 30.3 Å². The molecule has 0 N–H and O–H groups in total. The highest BCUT2D eigenvalue weighted by molar-refractivity contribution is 6.14. The second-order valence-corrected chi connectivity index (χ2v) is 6.55. The van der Waals surface area contributed by atoms with Crippen molar-refractivity contribution in [2.75, 3.05) is 7.11 Å². The maximum Gasteiger partial charge on any atom is 0.339 e. The summed E-state index contributed by atoms with van der Waals surface area (Å²) in [6, 6.07) is 22.4. The number of nitrogens with zero attached hydrogens (tertiary/aromatic N) is 2. The highest BCUT2D eigenvalue weighted by Gasteiger charge is 2.20. The van der Waals surface area contributed by atoms with Crippen LogP contribution >= 0.6 is 0 Å². The third-order valence-electron chi connectivity index (χ3n) is 4.56. The minimum atomic E-state index is -0.649. The summed E-state index contributed by atoms with van der Waals surface area (Å²) in [5.41, 5.74) is 1.64. The van der Waals surface area contributed by atoms with Crippen LogP contribution in [0, 0.1) is 0 Å². The molecule has 0 atom stereocenters. The molecule has 4 rings (SSSR count). The summed E-state index contributed by atoms with van der Waals surface area (Å²) in [4.78, 5) is 25.4. The SMILES string of the molecule is COc1ccc(-c2nnc(COC(=O)c3ccccc3C(=O)c3ccccc3)o2)cc1. The summed E-state index contributed by atoms with van der Waals surface area (Å²) >= 11 is 0. The molecule has 0 saturated carbocycles. The van der Waals surface area contributed by atoms with Gasteiger partial charge < -0.3 is 13.9 Å². The average Bonchev–Trinajstić information content (AvgIpc) is 3.32. The van der Waals surface area contributed by atoms with Gasteiger partial charge in [-0.25, -0.2) is 4.79 Å². The first-order valence-electron chi connectivity index (χ1n) is 9.48. The summed E-state index contributed by atoms with van der Waals surface area (Å²) in [6.07, 6.45) is 0. The third kappa shape index (κ3) is 4.51. The van der Waals surface area contributed by atoms with Crippen LogP contribution in [0.5, 0.6) is 5.75 Å². The first-order chi connectivity index (χ1) is 15.2. The van der Waals surface area contributed by atoms with Crippen molar-refractivity contribution in [2.24, 2.45) is 0 Å². The molecule has 3 aromatic carbocycles. The van der Waals surface area contributed by atoms with Crippen molar-refractivity contribution >= 4 is 11.8 Å². The van der Waals surface area contributed by atoms with E-state index in [0.717, 1.165) is 0 Å². The van der Waals surface area contributed by atoms with Gasteiger partial charge in [0, 0.05) is 16.7 Å². The van der Waals surface area contributed by atoms with Crippen LogP contribution in [-0.2, 0) is 11.3 Å². The number of aromatic nitrogens is 2. The Morgan fingerprint density at radius 2 is 1.52 bits per heavy atom. The van der Waals surface area contributed by atoms with Crippen molar-refractivity contribution in [3.8, 4) is 17.2 Å². The van der Waals surface area contributed by atoms with Gasteiger partial charge in [0.05, 0.1) is 12.7 Å². The Bertz CT molecular complexity index is 1200. The fourth-order valence-electron chi connectivity index (χ4n) is 2.97. The van der Waals surface area contributed by atoms with Crippen molar-refractivity contribution in [3.63, 3.8) is 0 Å². The molecule has 0 bridgehead atoms. The lowest BCUT2D eigenvalue weighted by Gasteiger charge is -2.08. The molecule has 0 fully saturated rings. The van der Waals surface area contributed by atoms with Gasteiger partial charge in [0.25, 0.3) is 5.89 Å². The zero-order chi connectivity index (χ0) is 21.6. The molecule has 0 unspecified atom stereocenters. The van der Waals surface area contributed by atoms with E-state index in [1.54, 1.807) is 79.9 Å². The molecule has 0 aliphatic carbocycles. The van der Waals surface area contributed by atoms with Gasteiger partial charge in [-0.3, -0.25) is 4.79 Å². The predicted molar refractivity (Wildman–Crippen MR) is 112 cm³/mol. The van der Waals surface area contributed by atoms with E-state index < -0.39 is 5.97 Å². The molecule has 1 aromatic heterocycles. The van der Waals surface area contributed by atoms with E-state index in [0.29, 0.717) is 22.8 Å². The number of ketones is 1. The van der Waals surface area contributed by atoms with E-state index in [1.165, 1.54) is 0 Å². The van der Waals surface area contributed by atoms with Gasteiger partial charge >= 0.3 is 5.97 Å². The second-order valence-electron chi connectivity index (χ2n) is 6.55. The molecule has 0 radical (unpaired) electrons. The first-order valence-corrected chi connectivity index (χ1v) is 9.48. The Morgan fingerprint density at radius 1 is 0.839 bits per heavy atom. The van der Waals surface area contributed by atoms with Crippen LogP contribution < -0.4 is 4.74 Å². The van der Waals surface area contributed by atoms with Crippen LogP contribution in [0.4, 0.5) is 0 Å². The molecule has 7 nitrogen and oxygen atoms in total. The normalized spacial score (nSPS) is 10.5. The number of rotatable bonds is 7. The molecule has 4 aromatic rings. The van der Waals surface area contributed by atoms with Gasteiger partial charge in [0.1, 0.15) is 5.75 Å². The number of hydrogen-bond donors (Lipinski definition) is 0. The van der Waals surface area contributed by atoms with Crippen molar-refractivity contribution in [1.82, 2.24) is 10.2 Å². The lowest BCUT2D eigenvalue weighted by Crippen LogP contribution is -2.12. The Morgan fingerprint density at radius 3 is 2.23 bits per heavy atom. The molecule has 1 heterocycles. The zero-order valence-electron chi connectivity index (χ0n) is 16.6. The van der Waals surface area contributed by atoms with Crippen LogP contribution in [-0.4, -0.2) is 29.1 Å². The predicted octanol–water partition coefficient (Wildman–Crippen LogP) is 4.33. The number of hydrogen-bond acceptors (Lipinski definition) is 7. The molecule has 154 valence electrons. The fraction of sp³-hybridized carbons (Fsp3) is 0.0833. The summed E-state index contributed by atoms with van der Waals surface area (Å²) < 4.78 is 16.0. The van der Waals surface area contributed by atoms with E-state index in [1.807, 2.05) is 6.07 Å². The quantitative estimate of drug-likeness (QED) is 0.328. The van der Waals surface area contributed by atoms with Crippen molar-refractivity contribution in [3.05, 3.63) is 101 Å². The fourth-order valence-corrected chi connectivity index (χ4v) is 2.97. The van der Waals surface area contributed by atoms with Crippen LogP contribution in [0.1, 0.15) is 32.2 Å². The lowest BCUT2D eigenvalue weighted by atomic mass is 9.98. The standard InChI is InChI=1S/C24H18N2O5/c1-29-18-13-11-17(12-14-18)23-26-25-21(31-23)15-30-24(28)20-10-6-5-9-19(20)22(27)16-7-3-2-4-8-16/h2-14H,15H2,1H3. The third-order valence-corrected chi connectivity index (χ3v) is 4.56. The molecule has 0 saturated heterocycles. The summed E-state index contributed by atoms with van der Waals surface area (Å²) in [5, 5.41) is 7.89. The number of esters is 1. The smallest absolute Gasteiger partial charge is 0.339 e. The minimum absolute atomic E-state index is 0.144. The van der Waals surface area contributed by atoms with Gasteiger partial charge in [-0.2, -0.15) is 0 Å². The highest BCUT2D eigenvalue weighted by atomic mass is 16.5.